The summed E-state index contributed by atoms with van der Waals surface area (Å²) < 4.78 is 33.6. The number of nitrogens with zero attached hydrogens (tertiary/aromatic N) is 1. The number of aromatic nitrogens is 1. The molecular weight excluding hydrogens is 434 g/mol. The zero-order valence-electron chi connectivity index (χ0n) is 17.1. The number of carbonyl (C=O) groups excluding carboxylic acids is 1. The first-order valence-electron chi connectivity index (χ1n) is 9.50. The molecule has 0 aliphatic carbocycles. The van der Waals surface area contributed by atoms with Crippen molar-refractivity contribution in [3.05, 3.63) is 84.2 Å². The quantitative estimate of drug-likeness (QED) is 0.451. The van der Waals surface area contributed by atoms with E-state index in [1.54, 1.807) is 30.5 Å². The molecule has 0 aliphatic heterocycles. The van der Waals surface area contributed by atoms with Crippen molar-refractivity contribution < 1.29 is 27.9 Å². The highest BCUT2D eigenvalue weighted by Gasteiger charge is 2.27. The van der Waals surface area contributed by atoms with Crippen LogP contribution in [0, 0.1) is 6.92 Å². The maximum Gasteiger partial charge on any atom is 0.335 e. The molecule has 1 amide bonds. The minimum atomic E-state index is -4.02. The van der Waals surface area contributed by atoms with Crippen molar-refractivity contribution in [2.75, 3.05) is 11.9 Å². The van der Waals surface area contributed by atoms with Crippen molar-refractivity contribution in [2.24, 2.45) is 0 Å². The number of hydrogen-bond donors (Lipinski definition) is 3. The summed E-state index contributed by atoms with van der Waals surface area (Å²) in [5.74, 6) is -1.41. The minimum Gasteiger partial charge on any atom is -0.490 e. The molecule has 10 heteroatoms. The number of benzene rings is 2. The number of anilines is 1. The predicted molar refractivity (Wildman–Crippen MR) is 117 cm³/mol. The van der Waals surface area contributed by atoms with Crippen LogP contribution in [0.5, 0.6) is 5.75 Å². The molecule has 1 heterocycles. The Balaban J connectivity index is 1.79. The molecule has 1 atom stereocenters. The van der Waals surface area contributed by atoms with Gasteiger partial charge in [0, 0.05) is 11.9 Å². The molecule has 0 spiro atoms. The van der Waals surface area contributed by atoms with Crippen LogP contribution in [-0.4, -0.2) is 43.0 Å². The van der Waals surface area contributed by atoms with E-state index in [9.17, 15) is 18.0 Å². The number of carboxylic acids is 1. The van der Waals surface area contributed by atoms with Crippen molar-refractivity contribution in [3.63, 3.8) is 0 Å². The average molecular weight is 455 g/mol. The molecule has 0 bridgehead atoms. The van der Waals surface area contributed by atoms with Gasteiger partial charge >= 0.3 is 5.97 Å². The fourth-order valence-corrected chi connectivity index (χ4v) is 3.85. The number of aromatic carboxylic acids is 1. The molecule has 166 valence electrons. The Kier molecular flexibility index (Phi) is 7.18. The van der Waals surface area contributed by atoms with Crippen LogP contribution < -0.4 is 14.8 Å². The zero-order chi connectivity index (χ0) is 23.1. The number of ether oxygens (including phenoxy) is 1. The molecule has 0 fully saturated rings. The van der Waals surface area contributed by atoms with E-state index < -0.39 is 27.9 Å². The maximum atomic E-state index is 12.9. The number of sulfonamides is 1. The van der Waals surface area contributed by atoms with E-state index in [-0.39, 0.29) is 17.1 Å². The van der Waals surface area contributed by atoms with Gasteiger partial charge in [-0.15, -0.1) is 0 Å². The third kappa shape index (κ3) is 6.13. The molecule has 3 N–H and O–H groups in total. The molecule has 32 heavy (non-hydrogen) atoms. The van der Waals surface area contributed by atoms with Gasteiger partial charge in [-0.3, -0.25) is 9.78 Å². The number of carbonyl (C=O) groups is 2. The minimum absolute atomic E-state index is 0.00749. The van der Waals surface area contributed by atoms with Gasteiger partial charge < -0.3 is 15.2 Å². The number of nitrogens with one attached hydrogen (secondary N) is 2. The Morgan fingerprint density at radius 3 is 2.34 bits per heavy atom. The van der Waals surface area contributed by atoms with E-state index >= 15 is 0 Å². The second-order valence-corrected chi connectivity index (χ2v) is 8.57. The second kappa shape index (κ2) is 10.0. The molecule has 0 saturated heterocycles. The summed E-state index contributed by atoms with van der Waals surface area (Å²) in [6, 6.07) is 13.7. The van der Waals surface area contributed by atoms with Gasteiger partial charge in [-0.1, -0.05) is 17.7 Å². The van der Waals surface area contributed by atoms with Gasteiger partial charge in [0.15, 0.2) is 0 Å². The van der Waals surface area contributed by atoms with E-state index in [0.717, 1.165) is 5.56 Å². The van der Waals surface area contributed by atoms with E-state index in [1.165, 1.54) is 42.6 Å². The molecule has 9 nitrogen and oxygen atoms in total. The second-order valence-electron chi connectivity index (χ2n) is 6.86. The Hall–Kier alpha value is -3.76. The first-order valence-corrected chi connectivity index (χ1v) is 11.0. The molecule has 0 radical (unpaired) electrons. The summed E-state index contributed by atoms with van der Waals surface area (Å²) in [5, 5.41) is 11.6. The number of pyridine rings is 1. The molecule has 1 unspecified atom stereocenters. The Bertz CT molecular complexity index is 1180. The summed E-state index contributed by atoms with van der Waals surface area (Å²) >= 11 is 0. The van der Waals surface area contributed by atoms with Crippen molar-refractivity contribution in [1.82, 2.24) is 9.71 Å². The number of aryl methyl sites for hydroxylation is 1. The number of hydrogen-bond acceptors (Lipinski definition) is 6. The predicted octanol–water partition coefficient (Wildman–Crippen LogP) is 2.45. The molecule has 3 aromatic rings. The van der Waals surface area contributed by atoms with Gasteiger partial charge in [0.25, 0.3) is 0 Å². The highest BCUT2D eigenvalue weighted by Crippen LogP contribution is 2.14. The largest absolute Gasteiger partial charge is 0.490 e. The topological polar surface area (TPSA) is 135 Å². The van der Waals surface area contributed by atoms with Crippen molar-refractivity contribution in [2.45, 2.75) is 17.9 Å². The lowest BCUT2D eigenvalue weighted by Gasteiger charge is -2.19. The van der Waals surface area contributed by atoms with Crippen LogP contribution in [0.3, 0.4) is 0 Å². The average Bonchev–Trinajstić information content (AvgIpc) is 2.78. The Morgan fingerprint density at radius 1 is 1.06 bits per heavy atom. The molecule has 2 aromatic carbocycles. The molecule has 0 aliphatic rings. The molecule has 0 saturated carbocycles. The fraction of sp³-hybridized carbons (Fsp3) is 0.136. The number of carboxylic acid groups (broad SMARTS) is 1. The molecule has 1 aromatic heterocycles. The SMILES string of the molecule is Cc1ccc(S(=O)(=O)NC(COc2cccnc2)C(=O)Nc2ccc(C(=O)O)cc2)cc1. The first kappa shape index (κ1) is 22.9. The highest BCUT2D eigenvalue weighted by atomic mass is 32.2. The smallest absolute Gasteiger partial charge is 0.335 e. The van der Waals surface area contributed by atoms with Crippen LogP contribution in [0.4, 0.5) is 5.69 Å². The van der Waals surface area contributed by atoms with Crippen molar-refractivity contribution >= 4 is 27.6 Å². The van der Waals surface area contributed by atoms with Gasteiger partial charge in [-0.25, -0.2) is 13.2 Å². The summed E-state index contributed by atoms with van der Waals surface area (Å²) in [4.78, 5) is 27.8. The third-order valence-corrected chi connectivity index (χ3v) is 5.88. The molecular formula is C22H21N3O6S. The van der Waals surface area contributed by atoms with E-state index in [0.29, 0.717) is 11.4 Å². The maximum absolute atomic E-state index is 12.9. The van der Waals surface area contributed by atoms with E-state index in [4.69, 9.17) is 9.84 Å². The van der Waals surface area contributed by atoms with Gasteiger partial charge in [0.05, 0.1) is 16.7 Å². The van der Waals surface area contributed by atoms with Crippen LogP contribution in [0.1, 0.15) is 15.9 Å². The van der Waals surface area contributed by atoms with Crippen LogP contribution >= 0.6 is 0 Å². The lowest BCUT2D eigenvalue weighted by molar-refractivity contribution is -0.118. The lowest BCUT2D eigenvalue weighted by Crippen LogP contribution is -2.47. The summed E-state index contributed by atoms with van der Waals surface area (Å²) in [6.07, 6.45) is 2.99. The van der Waals surface area contributed by atoms with Crippen LogP contribution in [0.15, 0.2) is 78.0 Å². The van der Waals surface area contributed by atoms with Crippen LogP contribution in [0.2, 0.25) is 0 Å². The first-order chi connectivity index (χ1) is 15.2. The van der Waals surface area contributed by atoms with Crippen LogP contribution in [-0.2, 0) is 14.8 Å². The van der Waals surface area contributed by atoms with Crippen LogP contribution in [0.25, 0.3) is 0 Å². The van der Waals surface area contributed by atoms with Gasteiger partial charge in [0.2, 0.25) is 15.9 Å². The Morgan fingerprint density at radius 2 is 1.75 bits per heavy atom. The number of amides is 1. The van der Waals surface area contributed by atoms with Gasteiger partial charge in [-0.05, 0) is 55.5 Å². The lowest BCUT2D eigenvalue weighted by atomic mass is 10.2. The molecule has 3 rings (SSSR count). The zero-order valence-corrected chi connectivity index (χ0v) is 17.9. The number of rotatable bonds is 9. The Labute approximate surface area is 185 Å². The third-order valence-electron chi connectivity index (χ3n) is 4.40. The normalized spacial score (nSPS) is 12.0. The fourth-order valence-electron chi connectivity index (χ4n) is 2.67. The summed E-state index contributed by atoms with van der Waals surface area (Å²) in [5.41, 5.74) is 1.25. The summed E-state index contributed by atoms with van der Waals surface area (Å²) in [6.45, 7) is 1.53. The van der Waals surface area contributed by atoms with E-state index in [1.807, 2.05) is 6.92 Å². The highest BCUT2D eigenvalue weighted by molar-refractivity contribution is 7.89. The van der Waals surface area contributed by atoms with Gasteiger partial charge in [-0.2, -0.15) is 4.72 Å². The van der Waals surface area contributed by atoms with Crippen molar-refractivity contribution in [3.8, 4) is 5.75 Å². The monoisotopic (exact) mass is 455 g/mol. The van der Waals surface area contributed by atoms with E-state index in [2.05, 4.69) is 15.0 Å². The van der Waals surface area contributed by atoms with Crippen molar-refractivity contribution in [1.29, 1.82) is 0 Å². The summed E-state index contributed by atoms with van der Waals surface area (Å²) in [7, 11) is -4.02. The van der Waals surface area contributed by atoms with Gasteiger partial charge in [0.1, 0.15) is 18.4 Å². The standard InChI is InChI=1S/C22H21N3O6S/c1-15-4-10-19(11-5-15)32(29,30)25-20(14-31-18-3-2-12-23-13-18)21(26)24-17-8-6-16(7-9-17)22(27)28/h2-13,20,25H,14H2,1H3,(H,24,26)(H,27,28).